The molecule has 5 nitrogen and oxygen atoms in total. The second-order valence-corrected chi connectivity index (χ2v) is 7.79. The van der Waals surface area contributed by atoms with Gasteiger partial charge in [0, 0.05) is 0 Å². The maximum atomic E-state index is 11.9. The summed E-state index contributed by atoms with van der Waals surface area (Å²) in [6.07, 6.45) is 1.57. The number of phenols is 1. The van der Waals surface area contributed by atoms with E-state index in [0.717, 1.165) is 31.2 Å². The van der Waals surface area contributed by atoms with Crippen molar-refractivity contribution in [3.8, 4) is 5.75 Å². The molecule has 0 aliphatic carbocycles. The predicted octanol–water partition coefficient (Wildman–Crippen LogP) is 3.86. The quantitative estimate of drug-likeness (QED) is 0.406. The van der Waals surface area contributed by atoms with Gasteiger partial charge < -0.3 is 5.11 Å². The minimum absolute atomic E-state index is 0.187. The Hall–Kier alpha value is -2.38. The molecule has 0 atom stereocenters. The Morgan fingerprint density at radius 3 is 2.76 bits per heavy atom. The number of phenolic OH excluding ortho intramolecular Hbond substituents is 1. The summed E-state index contributed by atoms with van der Waals surface area (Å²) in [6.45, 7) is 3.65. The van der Waals surface area contributed by atoms with E-state index in [1.165, 1.54) is 11.8 Å². The van der Waals surface area contributed by atoms with E-state index >= 15 is 0 Å². The van der Waals surface area contributed by atoms with Crippen molar-refractivity contribution in [2.75, 3.05) is 5.75 Å². The summed E-state index contributed by atoms with van der Waals surface area (Å²) in [5.41, 5.74) is 5.84. The first-order valence-electron chi connectivity index (χ1n) is 7.63. The third kappa shape index (κ3) is 4.37. The Balaban J connectivity index is 1.54. The molecular formula is C18H17N3O2S2. The van der Waals surface area contributed by atoms with Crippen LogP contribution in [0.2, 0.25) is 0 Å². The van der Waals surface area contributed by atoms with E-state index in [-0.39, 0.29) is 17.4 Å². The molecule has 0 saturated heterocycles. The molecule has 0 saturated carbocycles. The van der Waals surface area contributed by atoms with Gasteiger partial charge in [-0.2, -0.15) is 5.10 Å². The minimum Gasteiger partial charge on any atom is -0.507 e. The topological polar surface area (TPSA) is 74.6 Å². The zero-order chi connectivity index (χ0) is 17.8. The van der Waals surface area contributed by atoms with Crippen LogP contribution in [0.4, 0.5) is 0 Å². The van der Waals surface area contributed by atoms with Crippen molar-refractivity contribution >= 4 is 45.4 Å². The molecule has 0 unspecified atom stereocenters. The molecule has 25 heavy (non-hydrogen) atoms. The predicted molar refractivity (Wildman–Crippen MR) is 104 cm³/mol. The highest BCUT2D eigenvalue weighted by Crippen LogP contribution is 2.29. The van der Waals surface area contributed by atoms with E-state index in [4.69, 9.17) is 0 Å². The first-order valence-corrected chi connectivity index (χ1v) is 9.43. The molecule has 3 rings (SSSR count). The number of para-hydroxylation sites is 1. The number of carbonyl (C=O) groups is 1. The van der Waals surface area contributed by atoms with Crippen molar-refractivity contribution in [2.45, 2.75) is 18.2 Å². The SMILES string of the molecule is Cc1cc(/C=N/NC(=O)CSc2nc3ccccc3s2)cc(C)c1O. The zero-order valence-corrected chi connectivity index (χ0v) is 15.4. The number of nitrogens with one attached hydrogen (secondary N) is 1. The van der Waals surface area contributed by atoms with Crippen LogP contribution in [0.1, 0.15) is 16.7 Å². The second kappa shape index (κ2) is 7.67. The molecule has 0 fully saturated rings. The molecule has 1 amide bonds. The largest absolute Gasteiger partial charge is 0.507 e. The van der Waals surface area contributed by atoms with Crippen LogP contribution in [0, 0.1) is 13.8 Å². The van der Waals surface area contributed by atoms with Crippen LogP contribution in [-0.4, -0.2) is 28.0 Å². The second-order valence-electron chi connectivity index (χ2n) is 5.53. The van der Waals surface area contributed by atoms with Crippen LogP contribution in [0.3, 0.4) is 0 Å². The van der Waals surface area contributed by atoms with E-state index in [9.17, 15) is 9.90 Å². The molecule has 0 aliphatic rings. The number of hydrogen-bond donors (Lipinski definition) is 2. The Bertz CT molecular complexity index is 894. The summed E-state index contributed by atoms with van der Waals surface area (Å²) < 4.78 is 1.98. The zero-order valence-electron chi connectivity index (χ0n) is 13.8. The molecule has 2 aromatic carbocycles. The number of amides is 1. The Labute approximate surface area is 153 Å². The Morgan fingerprint density at radius 1 is 1.32 bits per heavy atom. The molecule has 1 aromatic heterocycles. The lowest BCUT2D eigenvalue weighted by Gasteiger charge is -2.04. The van der Waals surface area contributed by atoms with Crippen LogP contribution in [-0.2, 0) is 4.79 Å². The number of carbonyl (C=O) groups excluding carboxylic acids is 1. The summed E-state index contributed by atoms with van der Waals surface area (Å²) in [5, 5.41) is 13.7. The summed E-state index contributed by atoms with van der Waals surface area (Å²) in [4.78, 5) is 16.4. The van der Waals surface area contributed by atoms with Crippen LogP contribution >= 0.6 is 23.1 Å². The van der Waals surface area contributed by atoms with Gasteiger partial charge in [-0.3, -0.25) is 4.79 Å². The number of nitrogens with zero attached hydrogens (tertiary/aromatic N) is 2. The van der Waals surface area contributed by atoms with Gasteiger partial charge in [0.2, 0.25) is 0 Å². The van der Waals surface area contributed by atoms with Crippen molar-refractivity contribution in [3.05, 3.63) is 53.1 Å². The average Bonchev–Trinajstić information content (AvgIpc) is 3.01. The molecule has 0 radical (unpaired) electrons. The number of fused-ring (bicyclic) bond motifs is 1. The third-order valence-corrected chi connectivity index (χ3v) is 5.70. The summed E-state index contributed by atoms with van der Waals surface area (Å²) in [6, 6.07) is 11.5. The van der Waals surface area contributed by atoms with Gasteiger partial charge in [0.15, 0.2) is 4.34 Å². The first kappa shape index (κ1) is 17.4. The average molecular weight is 371 g/mol. The van der Waals surface area contributed by atoms with E-state index < -0.39 is 0 Å². The van der Waals surface area contributed by atoms with Gasteiger partial charge in [0.05, 0.1) is 22.2 Å². The van der Waals surface area contributed by atoms with Crippen molar-refractivity contribution in [1.29, 1.82) is 0 Å². The summed E-state index contributed by atoms with van der Waals surface area (Å²) in [5.74, 6) is 0.353. The number of aromatic nitrogens is 1. The fourth-order valence-electron chi connectivity index (χ4n) is 2.32. The van der Waals surface area contributed by atoms with Gasteiger partial charge >= 0.3 is 0 Å². The standard InChI is InChI=1S/C18H17N3O2S2/c1-11-7-13(8-12(2)17(11)23)9-19-21-16(22)10-24-18-20-14-5-3-4-6-15(14)25-18/h3-9,23H,10H2,1-2H3,(H,21,22)/b19-9+. The number of rotatable bonds is 5. The number of thioether (sulfide) groups is 1. The van der Waals surface area contributed by atoms with E-state index in [2.05, 4.69) is 15.5 Å². The fourth-order valence-corrected chi connectivity index (χ4v) is 4.18. The van der Waals surface area contributed by atoms with Crippen molar-refractivity contribution in [1.82, 2.24) is 10.4 Å². The smallest absolute Gasteiger partial charge is 0.250 e. The number of aromatic hydroxyl groups is 1. The van der Waals surface area contributed by atoms with E-state index in [1.54, 1.807) is 17.6 Å². The highest BCUT2D eigenvalue weighted by Gasteiger charge is 2.07. The van der Waals surface area contributed by atoms with Gasteiger partial charge in [0.1, 0.15) is 5.75 Å². The van der Waals surface area contributed by atoms with Gasteiger partial charge in [-0.25, -0.2) is 10.4 Å². The molecule has 2 N–H and O–H groups in total. The number of hydrazone groups is 1. The summed E-state index contributed by atoms with van der Waals surface area (Å²) >= 11 is 2.97. The summed E-state index contributed by atoms with van der Waals surface area (Å²) in [7, 11) is 0. The Kier molecular flexibility index (Phi) is 5.35. The van der Waals surface area contributed by atoms with Gasteiger partial charge in [0.25, 0.3) is 5.91 Å². The molecule has 3 aromatic rings. The van der Waals surface area contributed by atoms with Crippen LogP contribution in [0.15, 0.2) is 45.8 Å². The van der Waals surface area contributed by atoms with E-state index in [0.29, 0.717) is 0 Å². The van der Waals surface area contributed by atoms with E-state index in [1.807, 2.05) is 50.2 Å². The van der Waals surface area contributed by atoms with Gasteiger partial charge in [-0.05, 0) is 54.8 Å². The van der Waals surface area contributed by atoms with Crippen molar-refractivity contribution in [3.63, 3.8) is 0 Å². The monoisotopic (exact) mass is 371 g/mol. The third-order valence-electron chi connectivity index (χ3n) is 3.52. The normalized spacial score (nSPS) is 11.3. The van der Waals surface area contributed by atoms with Gasteiger partial charge in [-0.15, -0.1) is 11.3 Å². The first-order chi connectivity index (χ1) is 12.0. The highest BCUT2D eigenvalue weighted by atomic mass is 32.2. The molecule has 0 aliphatic heterocycles. The molecule has 0 bridgehead atoms. The molecule has 1 heterocycles. The van der Waals surface area contributed by atoms with Gasteiger partial charge in [-0.1, -0.05) is 23.9 Å². The number of benzene rings is 2. The maximum absolute atomic E-state index is 11.9. The molecule has 7 heteroatoms. The van der Waals surface area contributed by atoms with Crippen LogP contribution < -0.4 is 5.43 Å². The highest BCUT2D eigenvalue weighted by molar-refractivity contribution is 8.01. The van der Waals surface area contributed by atoms with Crippen LogP contribution in [0.5, 0.6) is 5.75 Å². The van der Waals surface area contributed by atoms with Crippen molar-refractivity contribution < 1.29 is 9.90 Å². The number of aryl methyl sites for hydroxylation is 2. The van der Waals surface area contributed by atoms with Crippen molar-refractivity contribution in [2.24, 2.45) is 5.10 Å². The fraction of sp³-hybridized carbons (Fsp3) is 0.167. The van der Waals surface area contributed by atoms with Crippen LogP contribution in [0.25, 0.3) is 10.2 Å². The number of hydrogen-bond acceptors (Lipinski definition) is 6. The number of thiazole rings is 1. The lowest BCUT2D eigenvalue weighted by atomic mass is 10.1. The minimum atomic E-state index is -0.187. The Morgan fingerprint density at radius 2 is 2.04 bits per heavy atom. The maximum Gasteiger partial charge on any atom is 0.250 e. The molecule has 128 valence electrons. The molecule has 0 spiro atoms. The lowest BCUT2D eigenvalue weighted by Crippen LogP contribution is -2.19. The molecular weight excluding hydrogens is 354 g/mol. The lowest BCUT2D eigenvalue weighted by molar-refractivity contribution is -0.118.